The van der Waals surface area contributed by atoms with Crippen molar-refractivity contribution in [2.75, 3.05) is 6.54 Å². The first-order valence-corrected chi connectivity index (χ1v) is 8.69. The molecule has 2 saturated carbocycles. The summed E-state index contributed by atoms with van der Waals surface area (Å²) >= 11 is 0. The summed E-state index contributed by atoms with van der Waals surface area (Å²) in [5.41, 5.74) is 1.18. The van der Waals surface area contributed by atoms with E-state index in [1.807, 2.05) is 0 Å². The topological polar surface area (TPSA) is 12.0 Å². The van der Waals surface area contributed by atoms with E-state index in [2.05, 4.69) is 33.0 Å². The van der Waals surface area contributed by atoms with Gasteiger partial charge in [-0.3, -0.25) is 0 Å². The lowest BCUT2D eigenvalue weighted by Gasteiger charge is -2.42. The molecular formula is C18H35N. The Hall–Kier alpha value is -0.0400. The van der Waals surface area contributed by atoms with Crippen LogP contribution in [0.1, 0.15) is 85.5 Å². The van der Waals surface area contributed by atoms with Gasteiger partial charge in [0.2, 0.25) is 0 Å². The van der Waals surface area contributed by atoms with E-state index in [1.165, 1.54) is 64.3 Å². The number of nitrogens with one attached hydrogen (secondary N) is 1. The SMILES string of the molecule is CCC1(CNC2CCCC(C(C)(C)C)CC2)CCC1. The van der Waals surface area contributed by atoms with E-state index in [0.29, 0.717) is 10.8 Å². The van der Waals surface area contributed by atoms with Crippen LogP contribution in [0, 0.1) is 16.7 Å². The first kappa shape index (κ1) is 15.4. The summed E-state index contributed by atoms with van der Waals surface area (Å²) in [6, 6.07) is 0.802. The largest absolute Gasteiger partial charge is 0.313 e. The van der Waals surface area contributed by atoms with Gasteiger partial charge in [-0.25, -0.2) is 0 Å². The Balaban J connectivity index is 1.77. The molecule has 0 radical (unpaired) electrons. The lowest BCUT2D eigenvalue weighted by molar-refractivity contribution is 0.117. The van der Waals surface area contributed by atoms with Gasteiger partial charge >= 0.3 is 0 Å². The van der Waals surface area contributed by atoms with Crippen LogP contribution >= 0.6 is 0 Å². The first-order valence-electron chi connectivity index (χ1n) is 8.69. The summed E-state index contributed by atoms with van der Waals surface area (Å²) in [6.45, 7) is 10.9. The summed E-state index contributed by atoms with van der Waals surface area (Å²) < 4.78 is 0. The maximum Gasteiger partial charge on any atom is 0.00674 e. The maximum atomic E-state index is 3.93. The van der Waals surface area contributed by atoms with Crippen LogP contribution in [0.15, 0.2) is 0 Å². The summed E-state index contributed by atoms with van der Waals surface area (Å²) in [5.74, 6) is 0.933. The molecule has 2 rings (SSSR count). The highest BCUT2D eigenvalue weighted by Gasteiger charge is 2.35. The predicted molar refractivity (Wildman–Crippen MR) is 84.4 cm³/mol. The van der Waals surface area contributed by atoms with Gasteiger partial charge in [0.05, 0.1) is 0 Å². The van der Waals surface area contributed by atoms with Crippen LogP contribution < -0.4 is 5.32 Å². The molecule has 1 N–H and O–H groups in total. The minimum absolute atomic E-state index is 0.507. The first-order chi connectivity index (χ1) is 8.95. The zero-order chi connectivity index (χ0) is 13.9. The van der Waals surface area contributed by atoms with Crippen molar-refractivity contribution in [1.82, 2.24) is 5.32 Å². The van der Waals surface area contributed by atoms with E-state index in [1.54, 1.807) is 0 Å². The van der Waals surface area contributed by atoms with Crippen molar-refractivity contribution in [3.8, 4) is 0 Å². The van der Waals surface area contributed by atoms with Crippen molar-refractivity contribution >= 4 is 0 Å². The van der Waals surface area contributed by atoms with Crippen LogP contribution in [0.2, 0.25) is 0 Å². The Morgan fingerprint density at radius 1 is 1.00 bits per heavy atom. The van der Waals surface area contributed by atoms with E-state index in [-0.39, 0.29) is 0 Å². The van der Waals surface area contributed by atoms with E-state index < -0.39 is 0 Å². The molecule has 1 nitrogen and oxygen atoms in total. The molecule has 2 aliphatic rings. The van der Waals surface area contributed by atoms with Gasteiger partial charge in [-0.05, 0) is 61.7 Å². The van der Waals surface area contributed by atoms with Gasteiger partial charge in [0.25, 0.3) is 0 Å². The normalized spacial score (nSPS) is 31.6. The zero-order valence-corrected chi connectivity index (χ0v) is 13.7. The fourth-order valence-corrected chi connectivity index (χ4v) is 4.06. The zero-order valence-electron chi connectivity index (χ0n) is 13.7. The maximum absolute atomic E-state index is 3.93. The van der Waals surface area contributed by atoms with Crippen LogP contribution in [0.4, 0.5) is 0 Å². The number of rotatable bonds is 4. The highest BCUT2D eigenvalue weighted by molar-refractivity contribution is 4.90. The predicted octanol–water partition coefficient (Wildman–Crippen LogP) is 5.15. The molecule has 0 spiro atoms. The monoisotopic (exact) mass is 265 g/mol. The van der Waals surface area contributed by atoms with E-state index in [9.17, 15) is 0 Å². The molecule has 0 saturated heterocycles. The van der Waals surface area contributed by atoms with Gasteiger partial charge in [-0.15, -0.1) is 0 Å². The van der Waals surface area contributed by atoms with E-state index in [0.717, 1.165) is 12.0 Å². The Morgan fingerprint density at radius 3 is 2.26 bits per heavy atom. The van der Waals surface area contributed by atoms with Gasteiger partial charge in [0.1, 0.15) is 0 Å². The molecule has 2 fully saturated rings. The van der Waals surface area contributed by atoms with Gasteiger partial charge in [-0.2, -0.15) is 0 Å². The molecule has 0 aromatic carbocycles. The van der Waals surface area contributed by atoms with Gasteiger partial charge in [-0.1, -0.05) is 40.5 Å². The molecule has 2 unspecified atom stereocenters. The molecule has 0 heterocycles. The lowest BCUT2D eigenvalue weighted by Crippen LogP contribution is -2.43. The average Bonchev–Trinajstić information content (AvgIpc) is 2.53. The van der Waals surface area contributed by atoms with E-state index in [4.69, 9.17) is 0 Å². The van der Waals surface area contributed by atoms with Crippen molar-refractivity contribution in [3.05, 3.63) is 0 Å². The standard InChI is InChI=1S/C18H35N/c1-5-18(12-7-13-18)14-19-16-9-6-8-15(10-11-16)17(2,3)4/h15-16,19H,5-14H2,1-4H3. The van der Waals surface area contributed by atoms with Crippen molar-refractivity contribution in [2.24, 2.45) is 16.7 Å². The minimum atomic E-state index is 0.507. The summed E-state index contributed by atoms with van der Waals surface area (Å²) in [5, 5.41) is 3.93. The molecule has 0 bridgehead atoms. The van der Waals surface area contributed by atoms with Gasteiger partial charge in [0.15, 0.2) is 0 Å². The highest BCUT2D eigenvalue weighted by atomic mass is 14.9. The Kier molecular flexibility index (Phi) is 4.98. The second kappa shape index (κ2) is 6.16. The van der Waals surface area contributed by atoms with Crippen LogP contribution in [0.5, 0.6) is 0 Å². The van der Waals surface area contributed by atoms with Crippen LogP contribution in [-0.4, -0.2) is 12.6 Å². The van der Waals surface area contributed by atoms with Gasteiger partial charge in [0, 0.05) is 12.6 Å². The fourth-order valence-electron chi connectivity index (χ4n) is 4.06. The quantitative estimate of drug-likeness (QED) is 0.693. The second-order valence-corrected chi connectivity index (χ2v) is 8.36. The second-order valence-electron chi connectivity index (χ2n) is 8.36. The van der Waals surface area contributed by atoms with Crippen molar-refractivity contribution in [3.63, 3.8) is 0 Å². The van der Waals surface area contributed by atoms with Crippen LogP contribution in [0.25, 0.3) is 0 Å². The summed E-state index contributed by atoms with van der Waals surface area (Å²) in [4.78, 5) is 0. The van der Waals surface area contributed by atoms with Crippen molar-refractivity contribution in [1.29, 1.82) is 0 Å². The minimum Gasteiger partial charge on any atom is -0.313 e. The molecule has 0 aromatic heterocycles. The Bertz CT molecular complexity index is 266. The van der Waals surface area contributed by atoms with E-state index >= 15 is 0 Å². The fraction of sp³-hybridized carbons (Fsp3) is 1.00. The average molecular weight is 265 g/mol. The molecule has 2 atom stereocenters. The molecule has 19 heavy (non-hydrogen) atoms. The number of hydrogen-bond acceptors (Lipinski definition) is 1. The molecule has 1 heteroatoms. The highest BCUT2D eigenvalue weighted by Crippen LogP contribution is 2.43. The summed E-state index contributed by atoms with van der Waals surface area (Å²) in [7, 11) is 0. The molecule has 0 amide bonds. The molecule has 0 aliphatic heterocycles. The number of hydrogen-bond donors (Lipinski definition) is 1. The third-order valence-electron chi connectivity index (χ3n) is 6.12. The van der Waals surface area contributed by atoms with Crippen LogP contribution in [-0.2, 0) is 0 Å². The van der Waals surface area contributed by atoms with Gasteiger partial charge < -0.3 is 5.32 Å². The van der Waals surface area contributed by atoms with Crippen molar-refractivity contribution < 1.29 is 0 Å². The summed E-state index contributed by atoms with van der Waals surface area (Å²) in [6.07, 6.45) is 12.9. The molecule has 2 aliphatic carbocycles. The Morgan fingerprint density at radius 2 is 1.74 bits per heavy atom. The molecule has 0 aromatic rings. The molecular weight excluding hydrogens is 230 g/mol. The third-order valence-corrected chi connectivity index (χ3v) is 6.12. The van der Waals surface area contributed by atoms with Crippen molar-refractivity contribution in [2.45, 2.75) is 91.5 Å². The smallest absolute Gasteiger partial charge is 0.00674 e. The van der Waals surface area contributed by atoms with Crippen LogP contribution in [0.3, 0.4) is 0 Å². The molecule has 112 valence electrons. The third kappa shape index (κ3) is 3.97. The lowest BCUT2D eigenvalue weighted by atomic mass is 9.67. The Labute approximate surface area is 120 Å².